The monoisotopic (exact) mass is 472 g/mol. The normalized spacial score (nSPS) is 15.8. The van der Waals surface area contributed by atoms with Crippen LogP contribution in [-0.4, -0.2) is 37.8 Å². The molecular weight excluding hydrogens is 454 g/mol. The van der Waals surface area contributed by atoms with Gasteiger partial charge in [0.2, 0.25) is 0 Å². The average Bonchev–Trinajstić information content (AvgIpc) is 2.52. The van der Waals surface area contributed by atoms with Gasteiger partial charge in [0.1, 0.15) is 5.75 Å². The molecule has 1 aromatic rings. The first-order valence-electron chi connectivity index (χ1n) is 7.74. The first-order valence-corrected chi connectivity index (χ1v) is 10.6. The molecule has 0 spiro atoms. The Hall–Kier alpha value is -1.54. The Kier molecular flexibility index (Phi) is 6.42. The summed E-state index contributed by atoms with van der Waals surface area (Å²) in [5.41, 5.74) is 0.363. The maximum atomic E-state index is 13.7. The van der Waals surface area contributed by atoms with Gasteiger partial charge in [-0.2, -0.15) is 43.2 Å². The summed E-state index contributed by atoms with van der Waals surface area (Å²) < 4.78 is 136. The summed E-state index contributed by atoms with van der Waals surface area (Å²) in [6.45, 7) is 7.44. The number of rotatable bonds is 7. The molecule has 1 rings (SSSR count). The van der Waals surface area contributed by atoms with Crippen LogP contribution in [0.15, 0.2) is 24.3 Å². The van der Waals surface area contributed by atoms with Crippen LogP contribution in [-0.2, 0) is 20.2 Å². The van der Waals surface area contributed by atoms with Crippen molar-refractivity contribution in [2.24, 2.45) is 5.41 Å². The molecule has 0 saturated carbocycles. The largest absolute Gasteiger partial charge is 0.450 e. The van der Waals surface area contributed by atoms with E-state index in [1.54, 1.807) is 6.92 Å². The summed E-state index contributed by atoms with van der Waals surface area (Å²) in [6.07, 6.45) is 0. The topological polar surface area (TPSA) is 97.7 Å². The number of benzene rings is 1. The van der Waals surface area contributed by atoms with Crippen LogP contribution in [0.3, 0.4) is 0 Å². The van der Waals surface area contributed by atoms with Crippen LogP contribution >= 0.6 is 0 Å². The molecule has 0 saturated heterocycles. The molecule has 1 N–H and O–H groups in total. The van der Waals surface area contributed by atoms with E-state index in [0.717, 1.165) is 12.1 Å². The first kappa shape index (κ1) is 25.5. The van der Waals surface area contributed by atoms with Crippen molar-refractivity contribution in [2.45, 2.75) is 50.0 Å². The van der Waals surface area contributed by atoms with Crippen LogP contribution < -0.4 is 4.18 Å². The highest BCUT2D eigenvalue weighted by molar-refractivity contribution is 7.88. The molecule has 1 unspecified atom stereocenters. The van der Waals surface area contributed by atoms with E-state index >= 15 is 0 Å². The Morgan fingerprint density at radius 2 is 1.28 bits per heavy atom. The SMILES string of the molecule is CC(c1ccc(OS(=O)(=O)C(F)(F)C(F)(F)C(F)(F)S(=O)(=O)O)cc1)C(C)(C)C. The zero-order valence-electron chi connectivity index (χ0n) is 15.5. The van der Waals surface area contributed by atoms with Gasteiger partial charge in [0.15, 0.2) is 0 Å². The van der Waals surface area contributed by atoms with E-state index in [2.05, 4.69) is 4.18 Å². The highest BCUT2D eigenvalue weighted by Gasteiger charge is 2.83. The van der Waals surface area contributed by atoms with Crippen LogP contribution in [0, 0.1) is 5.41 Å². The van der Waals surface area contributed by atoms with Gasteiger partial charge in [0.05, 0.1) is 0 Å². The third-order valence-electron chi connectivity index (χ3n) is 4.25. The minimum atomic E-state index is -7.09. The van der Waals surface area contributed by atoms with Gasteiger partial charge in [-0.1, -0.05) is 39.8 Å². The molecule has 0 aliphatic rings. The molecule has 0 bridgehead atoms. The summed E-state index contributed by atoms with van der Waals surface area (Å²) in [6, 6.07) is 4.18. The number of hydrogen-bond acceptors (Lipinski definition) is 5. The van der Waals surface area contributed by atoms with Gasteiger partial charge in [-0.3, -0.25) is 4.55 Å². The van der Waals surface area contributed by atoms with Gasteiger partial charge in [-0.05, 0) is 29.0 Å². The molecule has 6 nitrogen and oxygen atoms in total. The van der Waals surface area contributed by atoms with Crippen LogP contribution in [0.5, 0.6) is 5.75 Å². The molecule has 0 aliphatic heterocycles. The summed E-state index contributed by atoms with van der Waals surface area (Å²) in [5.74, 6) is -8.06. The summed E-state index contributed by atoms with van der Waals surface area (Å²) in [4.78, 5) is 0. The van der Waals surface area contributed by atoms with E-state index in [1.165, 1.54) is 12.1 Å². The predicted molar refractivity (Wildman–Crippen MR) is 90.2 cm³/mol. The van der Waals surface area contributed by atoms with Gasteiger partial charge < -0.3 is 4.18 Å². The molecule has 1 aromatic carbocycles. The highest BCUT2D eigenvalue weighted by Crippen LogP contribution is 2.51. The molecule has 0 aromatic heterocycles. The lowest BCUT2D eigenvalue weighted by Gasteiger charge is -2.29. The second-order valence-corrected chi connectivity index (χ2v) is 10.3. The molecule has 29 heavy (non-hydrogen) atoms. The molecule has 1 atom stereocenters. The standard InChI is InChI=1S/C15H18F6O6S2/c1-9(12(2,3)4)10-5-7-11(8-6-10)27-29(25,26)15(20,21)13(16,17)14(18,19)28(22,23)24/h5-9H,1-4H3,(H,22,23,24). The Morgan fingerprint density at radius 1 is 0.862 bits per heavy atom. The van der Waals surface area contributed by atoms with Crippen molar-refractivity contribution in [3.63, 3.8) is 0 Å². The third kappa shape index (κ3) is 4.48. The van der Waals surface area contributed by atoms with Crippen molar-refractivity contribution in [2.75, 3.05) is 0 Å². The summed E-state index contributed by atoms with van der Waals surface area (Å²) in [5, 5.41) is -13.5. The Bertz CT molecular complexity index is 950. The van der Waals surface area contributed by atoms with Gasteiger partial charge in [-0.15, -0.1) is 0 Å². The molecule has 0 radical (unpaired) electrons. The van der Waals surface area contributed by atoms with E-state index in [9.17, 15) is 43.2 Å². The Morgan fingerprint density at radius 3 is 1.62 bits per heavy atom. The lowest BCUT2D eigenvalue weighted by molar-refractivity contribution is -0.247. The van der Waals surface area contributed by atoms with E-state index in [1.807, 2.05) is 20.8 Å². The summed E-state index contributed by atoms with van der Waals surface area (Å²) >= 11 is 0. The lowest BCUT2D eigenvalue weighted by Crippen LogP contribution is -2.61. The zero-order chi connectivity index (χ0) is 23.3. The average molecular weight is 472 g/mol. The Labute approximate surface area is 163 Å². The van der Waals surface area contributed by atoms with Crippen LogP contribution in [0.1, 0.15) is 39.2 Å². The zero-order valence-corrected chi connectivity index (χ0v) is 17.1. The van der Waals surface area contributed by atoms with Crippen molar-refractivity contribution in [1.82, 2.24) is 0 Å². The van der Waals surface area contributed by atoms with Crippen molar-refractivity contribution in [3.05, 3.63) is 29.8 Å². The maximum Gasteiger partial charge on any atom is 0.450 e. The van der Waals surface area contributed by atoms with Gasteiger partial charge in [-0.25, -0.2) is 0 Å². The quantitative estimate of drug-likeness (QED) is 0.362. The van der Waals surface area contributed by atoms with Gasteiger partial charge in [0, 0.05) is 0 Å². The lowest BCUT2D eigenvalue weighted by atomic mass is 9.78. The van der Waals surface area contributed by atoms with Crippen molar-refractivity contribution < 1.29 is 51.9 Å². The molecule has 0 aliphatic carbocycles. The second-order valence-electron chi connectivity index (χ2n) is 7.28. The minimum Gasteiger partial charge on any atom is -0.378 e. The maximum absolute atomic E-state index is 13.7. The van der Waals surface area contributed by atoms with Gasteiger partial charge >= 0.3 is 36.7 Å². The van der Waals surface area contributed by atoms with E-state index in [-0.39, 0.29) is 11.3 Å². The van der Waals surface area contributed by atoms with E-state index in [4.69, 9.17) is 4.55 Å². The molecule has 0 amide bonds. The third-order valence-corrected chi connectivity index (χ3v) is 6.45. The molecule has 14 heteroatoms. The molecule has 0 heterocycles. The fourth-order valence-electron chi connectivity index (χ4n) is 1.98. The van der Waals surface area contributed by atoms with E-state index in [0.29, 0.717) is 5.56 Å². The first-order chi connectivity index (χ1) is 12.6. The molecule has 0 fully saturated rings. The molecular formula is C15H18F6O6S2. The van der Waals surface area contributed by atoms with Crippen molar-refractivity contribution >= 4 is 20.2 Å². The fourth-order valence-corrected chi connectivity index (χ4v) is 3.41. The van der Waals surface area contributed by atoms with Crippen LogP contribution in [0.2, 0.25) is 0 Å². The van der Waals surface area contributed by atoms with E-state index < -0.39 is 42.4 Å². The number of hydrogen-bond donors (Lipinski definition) is 1. The minimum absolute atomic E-state index is 0.104. The predicted octanol–water partition coefficient (Wildman–Crippen LogP) is 4.25. The highest BCUT2D eigenvalue weighted by atomic mass is 32.2. The number of halogens is 6. The van der Waals surface area contributed by atoms with Crippen LogP contribution in [0.25, 0.3) is 0 Å². The Balaban J connectivity index is 3.29. The van der Waals surface area contributed by atoms with Crippen molar-refractivity contribution in [3.8, 4) is 5.75 Å². The second kappa shape index (κ2) is 7.30. The fraction of sp³-hybridized carbons (Fsp3) is 0.600. The van der Waals surface area contributed by atoms with Crippen molar-refractivity contribution in [1.29, 1.82) is 0 Å². The van der Waals surface area contributed by atoms with Crippen LogP contribution in [0.4, 0.5) is 26.3 Å². The molecule has 168 valence electrons. The smallest absolute Gasteiger partial charge is 0.378 e. The number of alkyl halides is 6. The van der Waals surface area contributed by atoms with Gasteiger partial charge in [0.25, 0.3) is 0 Å². The summed E-state index contributed by atoms with van der Waals surface area (Å²) in [7, 11) is -13.9.